The lowest BCUT2D eigenvalue weighted by Crippen LogP contribution is -2.39. The third kappa shape index (κ3) is 3.31. The molecule has 0 aromatic heterocycles. The van der Waals surface area contributed by atoms with Gasteiger partial charge in [0.2, 0.25) is 5.91 Å². The van der Waals surface area contributed by atoms with Crippen molar-refractivity contribution in [3.63, 3.8) is 0 Å². The first-order chi connectivity index (χ1) is 10.3. The fourth-order valence-corrected chi connectivity index (χ4v) is 2.53. The molecule has 0 saturated heterocycles. The molecule has 21 heavy (non-hydrogen) atoms. The van der Waals surface area contributed by atoms with E-state index in [-0.39, 0.29) is 5.91 Å². The second-order valence-corrected chi connectivity index (χ2v) is 5.57. The Kier molecular flexibility index (Phi) is 4.02. The number of hydrogen-bond acceptors (Lipinski definition) is 2. The molecule has 1 saturated carbocycles. The summed E-state index contributed by atoms with van der Waals surface area (Å²) >= 11 is 0. The number of hydrogen-bond donors (Lipinski definition) is 1. The summed E-state index contributed by atoms with van der Waals surface area (Å²) in [5.74, 6) is 0.0209. The molecule has 1 fully saturated rings. The first-order valence-electron chi connectivity index (χ1n) is 7.40. The zero-order valence-electron chi connectivity index (χ0n) is 12.0. The molecule has 0 aliphatic heterocycles. The summed E-state index contributed by atoms with van der Waals surface area (Å²) in [6.45, 7) is 0.644. The number of nitrogens with two attached hydrogens (primary N) is 1. The minimum atomic E-state index is -0.574. The van der Waals surface area contributed by atoms with E-state index >= 15 is 0 Å². The van der Waals surface area contributed by atoms with Crippen molar-refractivity contribution < 1.29 is 4.79 Å². The maximum Gasteiger partial charge on any atom is 0.244 e. The highest BCUT2D eigenvalue weighted by molar-refractivity contribution is 5.83. The fourth-order valence-electron chi connectivity index (χ4n) is 2.53. The number of benzene rings is 2. The lowest BCUT2D eigenvalue weighted by molar-refractivity contribution is -0.134. The Morgan fingerprint density at radius 3 is 2.19 bits per heavy atom. The molecule has 2 aromatic carbocycles. The van der Waals surface area contributed by atoms with E-state index in [2.05, 4.69) is 12.1 Å². The van der Waals surface area contributed by atoms with Gasteiger partial charge in [-0.1, -0.05) is 60.7 Å². The number of carbonyl (C=O) groups excluding carboxylic acids is 1. The summed E-state index contributed by atoms with van der Waals surface area (Å²) in [6.07, 6.45) is 2.17. The van der Waals surface area contributed by atoms with Crippen molar-refractivity contribution in [1.82, 2.24) is 4.90 Å². The highest BCUT2D eigenvalue weighted by atomic mass is 16.2. The second kappa shape index (κ2) is 6.10. The standard InChI is InChI=1S/C18H20N2O/c19-17(15-9-5-2-6-10-15)18(21)20(16-11-12-16)13-14-7-3-1-4-8-14/h1-10,16-17H,11-13,19H2. The first kappa shape index (κ1) is 13.8. The number of rotatable bonds is 5. The summed E-state index contributed by atoms with van der Waals surface area (Å²) in [5.41, 5.74) is 8.19. The Morgan fingerprint density at radius 2 is 1.62 bits per heavy atom. The Bertz CT molecular complexity index is 593. The highest BCUT2D eigenvalue weighted by Gasteiger charge is 2.35. The second-order valence-electron chi connectivity index (χ2n) is 5.57. The molecule has 0 heterocycles. The lowest BCUT2D eigenvalue weighted by Gasteiger charge is -2.26. The number of nitrogens with zero attached hydrogens (tertiary/aromatic N) is 1. The van der Waals surface area contributed by atoms with E-state index in [1.807, 2.05) is 53.4 Å². The summed E-state index contributed by atoms with van der Waals surface area (Å²) < 4.78 is 0. The van der Waals surface area contributed by atoms with Gasteiger partial charge in [-0.05, 0) is 24.0 Å². The van der Waals surface area contributed by atoms with Crippen LogP contribution in [0.25, 0.3) is 0 Å². The van der Waals surface area contributed by atoms with Crippen LogP contribution in [-0.2, 0) is 11.3 Å². The van der Waals surface area contributed by atoms with Crippen molar-refractivity contribution in [2.24, 2.45) is 5.73 Å². The molecule has 0 radical (unpaired) electrons. The van der Waals surface area contributed by atoms with Gasteiger partial charge in [-0.2, -0.15) is 0 Å². The molecule has 3 rings (SSSR count). The van der Waals surface area contributed by atoms with Crippen LogP contribution < -0.4 is 5.73 Å². The SMILES string of the molecule is NC(C(=O)N(Cc1ccccc1)C1CC1)c1ccccc1. The first-order valence-corrected chi connectivity index (χ1v) is 7.40. The quantitative estimate of drug-likeness (QED) is 0.915. The van der Waals surface area contributed by atoms with Gasteiger partial charge in [-0.25, -0.2) is 0 Å². The minimum Gasteiger partial charge on any atom is -0.334 e. The smallest absolute Gasteiger partial charge is 0.244 e. The highest BCUT2D eigenvalue weighted by Crippen LogP contribution is 2.30. The molecule has 1 aliphatic carbocycles. The van der Waals surface area contributed by atoms with E-state index in [9.17, 15) is 4.79 Å². The van der Waals surface area contributed by atoms with Gasteiger partial charge in [0, 0.05) is 12.6 Å². The largest absolute Gasteiger partial charge is 0.334 e. The molecular formula is C18H20N2O. The summed E-state index contributed by atoms with van der Waals surface area (Å²) in [5, 5.41) is 0. The van der Waals surface area contributed by atoms with Gasteiger partial charge in [0.25, 0.3) is 0 Å². The van der Waals surface area contributed by atoms with Gasteiger partial charge in [0.15, 0.2) is 0 Å². The minimum absolute atomic E-state index is 0.0209. The summed E-state index contributed by atoms with van der Waals surface area (Å²) in [7, 11) is 0. The van der Waals surface area contributed by atoms with Crippen molar-refractivity contribution >= 4 is 5.91 Å². The van der Waals surface area contributed by atoms with Gasteiger partial charge < -0.3 is 10.6 Å². The van der Waals surface area contributed by atoms with Crippen LogP contribution in [-0.4, -0.2) is 16.8 Å². The lowest BCUT2D eigenvalue weighted by atomic mass is 10.1. The molecule has 3 heteroatoms. The predicted octanol–water partition coefficient (Wildman–Crippen LogP) is 2.88. The van der Waals surface area contributed by atoms with Crippen LogP contribution in [0.15, 0.2) is 60.7 Å². The summed E-state index contributed by atoms with van der Waals surface area (Å²) in [4.78, 5) is 14.7. The molecule has 1 unspecified atom stereocenters. The van der Waals surface area contributed by atoms with E-state index in [1.165, 1.54) is 0 Å². The van der Waals surface area contributed by atoms with Crippen molar-refractivity contribution in [3.05, 3.63) is 71.8 Å². The van der Waals surface area contributed by atoms with Crippen LogP contribution in [0.3, 0.4) is 0 Å². The van der Waals surface area contributed by atoms with Crippen molar-refractivity contribution in [2.45, 2.75) is 31.5 Å². The molecule has 0 spiro atoms. The molecule has 2 aromatic rings. The van der Waals surface area contributed by atoms with E-state index in [0.29, 0.717) is 12.6 Å². The topological polar surface area (TPSA) is 46.3 Å². The molecule has 108 valence electrons. The molecule has 1 aliphatic rings. The average molecular weight is 280 g/mol. The van der Waals surface area contributed by atoms with Crippen LogP contribution in [0.2, 0.25) is 0 Å². The monoisotopic (exact) mass is 280 g/mol. The van der Waals surface area contributed by atoms with Crippen molar-refractivity contribution in [2.75, 3.05) is 0 Å². The van der Waals surface area contributed by atoms with Crippen molar-refractivity contribution in [3.8, 4) is 0 Å². The third-order valence-electron chi connectivity index (χ3n) is 3.89. The van der Waals surface area contributed by atoms with Gasteiger partial charge in [-0.3, -0.25) is 4.79 Å². The fraction of sp³-hybridized carbons (Fsp3) is 0.278. The number of amides is 1. The Morgan fingerprint density at radius 1 is 1.05 bits per heavy atom. The van der Waals surface area contributed by atoms with Gasteiger partial charge in [0.05, 0.1) is 0 Å². The van der Waals surface area contributed by atoms with Gasteiger partial charge in [-0.15, -0.1) is 0 Å². The molecular weight excluding hydrogens is 260 g/mol. The molecule has 2 N–H and O–H groups in total. The zero-order valence-corrected chi connectivity index (χ0v) is 12.0. The average Bonchev–Trinajstić information content (AvgIpc) is 3.38. The van der Waals surface area contributed by atoms with Gasteiger partial charge in [0.1, 0.15) is 6.04 Å². The Balaban J connectivity index is 1.76. The molecule has 1 amide bonds. The Hall–Kier alpha value is -2.13. The van der Waals surface area contributed by atoms with E-state index in [1.54, 1.807) is 0 Å². The van der Waals surface area contributed by atoms with Crippen LogP contribution in [0, 0.1) is 0 Å². The molecule has 0 bridgehead atoms. The predicted molar refractivity (Wildman–Crippen MR) is 83.4 cm³/mol. The molecule has 3 nitrogen and oxygen atoms in total. The molecule has 1 atom stereocenters. The van der Waals surface area contributed by atoms with Crippen LogP contribution in [0.4, 0.5) is 0 Å². The van der Waals surface area contributed by atoms with Crippen LogP contribution >= 0.6 is 0 Å². The van der Waals surface area contributed by atoms with E-state index in [0.717, 1.165) is 24.0 Å². The third-order valence-corrected chi connectivity index (χ3v) is 3.89. The normalized spacial score (nSPS) is 15.5. The maximum absolute atomic E-state index is 12.7. The van der Waals surface area contributed by atoms with Crippen LogP contribution in [0.5, 0.6) is 0 Å². The van der Waals surface area contributed by atoms with Crippen molar-refractivity contribution in [1.29, 1.82) is 0 Å². The van der Waals surface area contributed by atoms with E-state index in [4.69, 9.17) is 5.73 Å². The zero-order chi connectivity index (χ0) is 14.7. The summed E-state index contributed by atoms with van der Waals surface area (Å²) in [6, 6.07) is 19.5. The van der Waals surface area contributed by atoms with Gasteiger partial charge >= 0.3 is 0 Å². The maximum atomic E-state index is 12.7. The van der Waals surface area contributed by atoms with E-state index < -0.39 is 6.04 Å². The van der Waals surface area contributed by atoms with Crippen LogP contribution in [0.1, 0.15) is 30.0 Å². The Labute approximate surface area is 125 Å². The number of carbonyl (C=O) groups is 1.